The minimum atomic E-state index is -3.25. The van der Waals surface area contributed by atoms with Crippen molar-refractivity contribution in [2.45, 2.75) is 26.3 Å². The third-order valence-electron chi connectivity index (χ3n) is 3.58. The van der Waals surface area contributed by atoms with Gasteiger partial charge in [-0.15, -0.1) is 0 Å². The summed E-state index contributed by atoms with van der Waals surface area (Å²) in [5, 5.41) is 3.30. The van der Waals surface area contributed by atoms with Gasteiger partial charge >= 0.3 is 0 Å². The molecule has 0 fully saturated rings. The Hall–Kier alpha value is -2.21. The molecular formula is C18H24N2O3S. The number of ether oxygens (including phenoxy) is 1. The van der Waals surface area contributed by atoms with Gasteiger partial charge in [-0.25, -0.2) is 8.42 Å². The van der Waals surface area contributed by atoms with Gasteiger partial charge in [0.15, 0.2) is 0 Å². The molecule has 2 aromatic carbocycles. The summed E-state index contributed by atoms with van der Waals surface area (Å²) in [4.78, 5) is 0. The lowest BCUT2D eigenvalue weighted by Gasteiger charge is -2.10. The minimum absolute atomic E-state index is 0.154. The summed E-state index contributed by atoms with van der Waals surface area (Å²) in [6, 6.07) is 15.1. The highest BCUT2D eigenvalue weighted by Gasteiger charge is 2.09. The first-order valence-electron chi connectivity index (χ1n) is 8.00. The Morgan fingerprint density at radius 1 is 0.958 bits per heavy atom. The van der Waals surface area contributed by atoms with Gasteiger partial charge in [-0.3, -0.25) is 4.72 Å². The fourth-order valence-electron chi connectivity index (χ4n) is 2.17. The van der Waals surface area contributed by atoms with Crippen molar-refractivity contribution < 1.29 is 13.2 Å². The van der Waals surface area contributed by atoms with E-state index in [1.54, 1.807) is 19.2 Å². The number of nitrogens with one attached hydrogen (secondary N) is 2. The molecule has 0 saturated heterocycles. The summed E-state index contributed by atoms with van der Waals surface area (Å²) in [6.07, 6.45) is 1.52. The third kappa shape index (κ3) is 5.77. The van der Waals surface area contributed by atoms with Crippen molar-refractivity contribution in [3.05, 3.63) is 54.1 Å². The summed E-state index contributed by atoms with van der Waals surface area (Å²) in [5.74, 6) is 0.986. The molecule has 0 aliphatic rings. The molecular weight excluding hydrogens is 324 g/mol. The molecule has 0 heterocycles. The number of benzene rings is 2. The Labute approximate surface area is 144 Å². The first-order chi connectivity index (χ1) is 11.5. The van der Waals surface area contributed by atoms with E-state index in [4.69, 9.17) is 4.74 Å². The van der Waals surface area contributed by atoms with Crippen molar-refractivity contribution in [3.63, 3.8) is 0 Å². The molecule has 130 valence electrons. The number of hydrogen-bond acceptors (Lipinski definition) is 4. The third-order valence-corrected chi connectivity index (χ3v) is 4.95. The summed E-state index contributed by atoms with van der Waals surface area (Å²) < 4.78 is 31.5. The van der Waals surface area contributed by atoms with Crippen LogP contribution in [0.15, 0.2) is 48.5 Å². The van der Waals surface area contributed by atoms with Gasteiger partial charge in [-0.1, -0.05) is 25.5 Å². The van der Waals surface area contributed by atoms with Crippen molar-refractivity contribution >= 4 is 21.4 Å². The minimum Gasteiger partial charge on any atom is -0.497 e. The smallest absolute Gasteiger partial charge is 0.232 e. The van der Waals surface area contributed by atoms with Crippen LogP contribution < -0.4 is 14.8 Å². The second kappa shape index (κ2) is 8.59. The van der Waals surface area contributed by atoms with E-state index in [1.165, 1.54) is 0 Å². The van der Waals surface area contributed by atoms with Crippen LogP contribution in [0, 0.1) is 0 Å². The molecule has 0 aliphatic heterocycles. The molecule has 0 amide bonds. The summed E-state index contributed by atoms with van der Waals surface area (Å²) in [7, 11) is -1.61. The summed E-state index contributed by atoms with van der Waals surface area (Å²) in [5.41, 5.74) is 2.66. The van der Waals surface area contributed by atoms with E-state index in [-0.39, 0.29) is 5.75 Å². The molecule has 24 heavy (non-hydrogen) atoms. The van der Waals surface area contributed by atoms with Gasteiger partial charge in [0.2, 0.25) is 10.0 Å². The lowest BCUT2D eigenvalue weighted by molar-refractivity contribution is 0.414. The predicted octanol–water partition coefficient (Wildman–Crippen LogP) is 3.85. The van der Waals surface area contributed by atoms with Gasteiger partial charge in [0, 0.05) is 17.9 Å². The molecule has 2 N–H and O–H groups in total. The predicted molar refractivity (Wildman–Crippen MR) is 99.1 cm³/mol. The van der Waals surface area contributed by atoms with Crippen LogP contribution in [0.5, 0.6) is 5.75 Å². The van der Waals surface area contributed by atoms with Gasteiger partial charge in [0.1, 0.15) is 5.75 Å². The molecule has 2 aromatic rings. The molecule has 2 rings (SSSR count). The Balaban J connectivity index is 1.89. The van der Waals surface area contributed by atoms with E-state index in [1.807, 2.05) is 43.3 Å². The van der Waals surface area contributed by atoms with Gasteiger partial charge in [-0.05, 0) is 48.4 Å². The average molecular weight is 348 g/mol. The first-order valence-corrected chi connectivity index (χ1v) is 9.65. The zero-order valence-electron chi connectivity index (χ0n) is 14.1. The van der Waals surface area contributed by atoms with E-state index in [2.05, 4.69) is 10.0 Å². The van der Waals surface area contributed by atoms with Crippen molar-refractivity contribution in [1.82, 2.24) is 0 Å². The van der Waals surface area contributed by atoms with Crippen molar-refractivity contribution in [1.29, 1.82) is 0 Å². The van der Waals surface area contributed by atoms with Crippen LogP contribution in [0.2, 0.25) is 0 Å². The zero-order chi connectivity index (χ0) is 17.4. The van der Waals surface area contributed by atoms with E-state index in [0.717, 1.165) is 23.4 Å². The Kier molecular flexibility index (Phi) is 6.49. The number of methoxy groups -OCH3 is 1. The van der Waals surface area contributed by atoms with Gasteiger partial charge in [-0.2, -0.15) is 0 Å². The van der Waals surface area contributed by atoms with Crippen LogP contribution in [-0.2, 0) is 16.6 Å². The summed E-state index contributed by atoms with van der Waals surface area (Å²) in [6.45, 7) is 2.66. The van der Waals surface area contributed by atoms with E-state index in [9.17, 15) is 8.42 Å². The molecule has 6 heteroatoms. The highest BCUT2D eigenvalue weighted by Crippen LogP contribution is 2.17. The fraction of sp³-hybridized carbons (Fsp3) is 0.333. The second-order valence-corrected chi connectivity index (χ2v) is 7.40. The SMILES string of the molecule is CCCCS(=O)(=O)Nc1ccc(NCc2ccc(OC)cc2)cc1. The zero-order valence-corrected chi connectivity index (χ0v) is 14.9. The molecule has 0 unspecified atom stereocenters. The lowest BCUT2D eigenvalue weighted by Crippen LogP contribution is -2.16. The molecule has 0 aromatic heterocycles. The molecule has 5 nitrogen and oxygen atoms in total. The average Bonchev–Trinajstić information content (AvgIpc) is 2.59. The van der Waals surface area contributed by atoms with Gasteiger partial charge < -0.3 is 10.1 Å². The number of rotatable bonds is 9. The van der Waals surface area contributed by atoms with E-state index >= 15 is 0 Å². The van der Waals surface area contributed by atoms with E-state index in [0.29, 0.717) is 18.7 Å². The maximum Gasteiger partial charge on any atom is 0.232 e. The lowest BCUT2D eigenvalue weighted by atomic mass is 10.2. The molecule has 0 bridgehead atoms. The van der Waals surface area contributed by atoms with Gasteiger partial charge in [0.05, 0.1) is 12.9 Å². The highest BCUT2D eigenvalue weighted by molar-refractivity contribution is 7.92. The van der Waals surface area contributed by atoms with Crippen LogP contribution in [0.25, 0.3) is 0 Å². The fourth-order valence-corrected chi connectivity index (χ4v) is 3.43. The monoisotopic (exact) mass is 348 g/mol. The number of unbranched alkanes of at least 4 members (excludes halogenated alkanes) is 1. The Morgan fingerprint density at radius 2 is 1.58 bits per heavy atom. The molecule has 0 radical (unpaired) electrons. The second-order valence-electron chi connectivity index (χ2n) is 5.55. The molecule has 0 aliphatic carbocycles. The Morgan fingerprint density at radius 3 is 2.17 bits per heavy atom. The van der Waals surface area contributed by atoms with Crippen LogP contribution in [0.1, 0.15) is 25.3 Å². The van der Waals surface area contributed by atoms with Crippen LogP contribution in [-0.4, -0.2) is 21.3 Å². The molecule has 0 saturated carbocycles. The van der Waals surface area contributed by atoms with Gasteiger partial charge in [0.25, 0.3) is 0 Å². The maximum absolute atomic E-state index is 11.9. The van der Waals surface area contributed by atoms with E-state index < -0.39 is 10.0 Å². The van der Waals surface area contributed by atoms with Crippen LogP contribution >= 0.6 is 0 Å². The number of sulfonamides is 1. The van der Waals surface area contributed by atoms with Crippen molar-refractivity contribution in [2.75, 3.05) is 22.9 Å². The maximum atomic E-state index is 11.9. The number of hydrogen-bond donors (Lipinski definition) is 2. The van der Waals surface area contributed by atoms with Crippen LogP contribution in [0.4, 0.5) is 11.4 Å². The standard InChI is InChI=1S/C18H24N2O3S/c1-3-4-13-24(21,22)20-17-9-7-16(8-10-17)19-14-15-5-11-18(23-2)12-6-15/h5-12,19-20H,3-4,13-14H2,1-2H3. The molecule has 0 atom stereocenters. The summed E-state index contributed by atoms with van der Waals surface area (Å²) >= 11 is 0. The van der Waals surface area contributed by atoms with Crippen molar-refractivity contribution in [3.8, 4) is 5.75 Å². The quantitative estimate of drug-likeness (QED) is 0.722. The topological polar surface area (TPSA) is 67.4 Å². The normalized spacial score (nSPS) is 11.1. The highest BCUT2D eigenvalue weighted by atomic mass is 32.2. The number of anilines is 2. The first kappa shape index (κ1) is 18.1. The largest absolute Gasteiger partial charge is 0.497 e. The van der Waals surface area contributed by atoms with Crippen molar-refractivity contribution in [2.24, 2.45) is 0 Å². The van der Waals surface area contributed by atoms with Crippen LogP contribution in [0.3, 0.4) is 0 Å². The molecule has 0 spiro atoms. The Bertz CT molecular complexity index is 726.